The second-order valence-corrected chi connectivity index (χ2v) is 8.73. The number of aliphatic carboxylic acids is 2. The normalized spacial score (nSPS) is 14.8. The van der Waals surface area contributed by atoms with Crippen molar-refractivity contribution in [2.24, 2.45) is 17.4 Å². The van der Waals surface area contributed by atoms with Crippen LogP contribution in [0.25, 0.3) is 0 Å². The van der Waals surface area contributed by atoms with Gasteiger partial charge in [0.2, 0.25) is 23.6 Å². The number of nitrogens with two attached hydrogens (primary N) is 2. The van der Waals surface area contributed by atoms with Crippen molar-refractivity contribution in [3.05, 3.63) is 35.9 Å². The molecule has 0 saturated carbocycles. The maximum Gasteiger partial charge on any atom is 0.326 e. The molecule has 0 spiro atoms. The number of carboxylic acid groups (broad SMARTS) is 2. The van der Waals surface area contributed by atoms with Crippen LogP contribution in [0.4, 0.5) is 0 Å². The number of amides is 4. The minimum absolute atomic E-state index is 0.0209. The lowest BCUT2D eigenvalue weighted by atomic mass is 9.98. The molecule has 0 aliphatic heterocycles. The summed E-state index contributed by atoms with van der Waals surface area (Å²) in [6, 6.07) is 3.31. The Morgan fingerprint density at radius 3 is 1.97 bits per heavy atom. The van der Waals surface area contributed by atoms with E-state index in [2.05, 4.69) is 16.0 Å². The van der Waals surface area contributed by atoms with Gasteiger partial charge in [0.05, 0.1) is 12.5 Å². The zero-order chi connectivity index (χ0) is 28.1. The average molecular weight is 522 g/mol. The van der Waals surface area contributed by atoms with Crippen molar-refractivity contribution >= 4 is 35.6 Å². The summed E-state index contributed by atoms with van der Waals surface area (Å²) in [6.45, 7) is 3.40. The van der Waals surface area contributed by atoms with E-state index in [1.165, 1.54) is 0 Å². The molecule has 5 atom stereocenters. The highest BCUT2D eigenvalue weighted by atomic mass is 16.4. The first-order valence-corrected chi connectivity index (χ1v) is 11.8. The predicted octanol–water partition coefficient (Wildman–Crippen LogP) is -1.12. The van der Waals surface area contributed by atoms with Gasteiger partial charge in [0.15, 0.2) is 0 Å². The van der Waals surface area contributed by atoms with Gasteiger partial charge >= 0.3 is 11.9 Å². The summed E-state index contributed by atoms with van der Waals surface area (Å²) in [7, 11) is 0. The lowest BCUT2D eigenvalue weighted by Crippen LogP contribution is -2.58. The van der Waals surface area contributed by atoms with E-state index in [-0.39, 0.29) is 19.3 Å². The van der Waals surface area contributed by atoms with Crippen LogP contribution in [0, 0.1) is 5.92 Å². The maximum absolute atomic E-state index is 13.2. The minimum atomic E-state index is -1.43. The highest BCUT2D eigenvalue weighted by molar-refractivity contribution is 5.95. The van der Waals surface area contributed by atoms with Gasteiger partial charge in [0.25, 0.3) is 0 Å². The van der Waals surface area contributed by atoms with E-state index in [0.717, 1.165) is 0 Å². The summed E-state index contributed by atoms with van der Waals surface area (Å²) in [4.78, 5) is 72.5. The van der Waals surface area contributed by atoms with Gasteiger partial charge in [0.1, 0.15) is 18.1 Å². The molecule has 5 unspecified atom stereocenters. The molecule has 13 nitrogen and oxygen atoms in total. The number of primary amides is 1. The van der Waals surface area contributed by atoms with Gasteiger partial charge in [0, 0.05) is 12.8 Å². The third-order valence-electron chi connectivity index (χ3n) is 5.74. The van der Waals surface area contributed by atoms with Crippen LogP contribution in [-0.4, -0.2) is 69.9 Å². The number of rotatable bonds is 16. The van der Waals surface area contributed by atoms with Crippen molar-refractivity contribution in [1.82, 2.24) is 16.0 Å². The van der Waals surface area contributed by atoms with Crippen molar-refractivity contribution in [1.29, 1.82) is 0 Å². The van der Waals surface area contributed by atoms with Crippen LogP contribution in [0.2, 0.25) is 0 Å². The molecule has 9 N–H and O–H groups in total. The van der Waals surface area contributed by atoms with Crippen LogP contribution < -0.4 is 27.4 Å². The molecule has 1 rings (SSSR count). The SMILES string of the molecule is CCC(C)C(NC(=O)C(CCC(N)=O)NC(=O)C(Cc1ccccc1)NC(=O)C(N)CC(=O)O)C(=O)O. The molecule has 204 valence electrons. The molecule has 0 aliphatic carbocycles. The highest BCUT2D eigenvalue weighted by Gasteiger charge is 2.32. The highest BCUT2D eigenvalue weighted by Crippen LogP contribution is 2.10. The van der Waals surface area contributed by atoms with Crippen molar-refractivity contribution in [3.8, 4) is 0 Å². The zero-order valence-electron chi connectivity index (χ0n) is 20.8. The third kappa shape index (κ3) is 11.1. The first-order valence-electron chi connectivity index (χ1n) is 11.8. The van der Waals surface area contributed by atoms with Crippen molar-refractivity contribution in [3.63, 3.8) is 0 Å². The Morgan fingerprint density at radius 2 is 1.46 bits per heavy atom. The Hall–Kier alpha value is -4.00. The van der Waals surface area contributed by atoms with Crippen LogP contribution in [0.15, 0.2) is 30.3 Å². The van der Waals surface area contributed by atoms with Gasteiger partial charge in [-0.3, -0.25) is 24.0 Å². The van der Waals surface area contributed by atoms with E-state index < -0.39 is 72.1 Å². The van der Waals surface area contributed by atoms with Crippen LogP contribution in [0.5, 0.6) is 0 Å². The molecule has 0 saturated heterocycles. The first-order chi connectivity index (χ1) is 17.3. The quantitative estimate of drug-likeness (QED) is 0.139. The van der Waals surface area contributed by atoms with E-state index in [0.29, 0.717) is 12.0 Å². The first kappa shape index (κ1) is 31.0. The largest absolute Gasteiger partial charge is 0.481 e. The fourth-order valence-electron chi connectivity index (χ4n) is 3.38. The van der Waals surface area contributed by atoms with Gasteiger partial charge < -0.3 is 37.6 Å². The number of benzene rings is 1. The number of carboxylic acids is 2. The second-order valence-electron chi connectivity index (χ2n) is 8.73. The molecule has 0 bridgehead atoms. The Bertz CT molecular complexity index is 971. The molecular formula is C24H35N5O8. The molecule has 13 heteroatoms. The molecule has 0 radical (unpaired) electrons. The van der Waals surface area contributed by atoms with E-state index in [1.54, 1.807) is 44.2 Å². The van der Waals surface area contributed by atoms with Crippen LogP contribution in [0.3, 0.4) is 0 Å². The molecule has 0 heterocycles. The second kappa shape index (κ2) is 15.2. The smallest absolute Gasteiger partial charge is 0.326 e. The van der Waals surface area contributed by atoms with Gasteiger partial charge in [-0.15, -0.1) is 0 Å². The molecule has 4 amide bonds. The summed E-state index contributed by atoms with van der Waals surface area (Å²) < 4.78 is 0. The standard InChI is InChI=1S/C24H35N5O8/c1-3-13(2)20(24(36)37)29-22(34)16(9-10-18(26)30)27-23(35)17(11-14-7-5-4-6-8-14)28-21(33)15(25)12-19(31)32/h4-8,13,15-17,20H,3,9-12,25H2,1-2H3,(H2,26,30)(H,27,35)(H,28,33)(H,29,34)(H,31,32)(H,36,37). The van der Waals surface area contributed by atoms with Gasteiger partial charge in [-0.25, -0.2) is 4.79 Å². The van der Waals surface area contributed by atoms with E-state index >= 15 is 0 Å². The average Bonchev–Trinajstić information content (AvgIpc) is 2.83. The van der Waals surface area contributed by atoms with Crippen molar-refractivity contribution in [2.45, 2.75) is 70.1 Å². The summed E-state index contributed by atoms with van der Waals surface area (Å²) >= 11 is 0. The summed E-state index contributed by atoms with van der Waals surface area (Å²) in [5, 5.41) is 25.6. The summed E-state index contributed by atoms with van der Waals surface area (Å²) in [5.41, 5.74) is 11.5. The Morgan fingerprint density at radius 1 is 0.892 bits per heavy atom. The molecule has 37 heavy (non-hydrogen) atoms. The van der Waals surface area contributed by atoms with E-state index in [1.807, 2.05) is 0 Å². The molecular weight excluding hydrogens is 486 g/mol. The fourth-order valence-corrected chi connectivity index (χ4v) is 3.38. The fraction of sp³-hybridized carbons (Fsp3) is 0.500. The van der Waals surface area contributed by atoms with Crippen LogP contribution in [0.1, 0.15) is 45.1 Å². The van der Waals surface area contributed by atoms with Crippen LogP contribution >= 0.6 is 0 Å². The molecule has 0 fully saturated rings. The maximum atomic E-state index is 13.2. The molecule has 1 aromatic rings. The lowest BCUT2D eigenvalue weighted by molar-refractivity contribution is -0.144. The Balaban J connectivity index is 3.16. The Kier molecular flexibility index (Phi) is 12.7. The zero-order valence-corrected chi connectivity index (χ0v) is 20.8. The topological polar surface area (TPSA) is 231 Å². The number of hydrogen-bond acceptors (Lipinski definition) is 7. The molecule has 0 aliphatic rings. The molecule has 0 aromatic heterocycles. The van der Waals surface area contributed by atoms with Gasteiger partial charge in [-0.1, -0.05) is 50.6 Å². The number of carbonyl (C=O) groups is 6. The van der Waals surface area contributed by atoms with Crippen LogP contribution in [-0.2, 0) is 35.2 Å². The van der Waals surface area contributed by atoms with Gasteiger partial charge in [-0.2, -0.15) is 0 Å². The number of hydrogen-bond donors (Lipinski definition) is 7. The van der Waals surface area contributed by atoms with Crippen molar-refractivity contribution < 1.29 is 39.0 Å². The predicted molar refractivity (Wildman–Crippen MR) is 132 cm³/mol. The summed E-state index contributed by atoms with van der Waals surface area (Å²) in [5.74, 6) is -6.27. The van der Waals surface area contributed by atoms with E-state index in [4.69, 9.17) is 16.6 Å². The lowest BCUT2D eigenvalue weighted by Gasteiger charge is -2.26. The minimum Gasteiger partial charge on any atom is -0.481 e. The summed E-state index contributed by atoms with van der Waals surface area (Å²) in [6.07, 6.45) is -0.728. The van der Waals surface area contributed by atoms with E-state index in [9.17, 15) is 33.9 Å². The van der Waals surface area contributed by atoms with Gasteiger partial charge in [-0.05, 0) is 17.9 Å². The monoisotopic (exact) mass is 521 g/mol. The molecule has 1 aromatic carbocycles. The number of carbonyl (C=O) groups excluding carboxylic acids is 4. The van der Waals surface area contributed by atoms with Crippen molar-refractivity contribution in [2.75, 3.05) is 0 Å². The Labute approximate surface area is 214 Å². The third-order valence-corrected chi connectivity index (χ3v) is 5.74. The number of nitrogens with one attached hydrogen (secondary N) is 3.